The van der Waals surface area contributed by atoms with Crippen LogP contribution in [0.1, 0.15) is 12.8 Å². The van der Waals surface area contributed by atoms with E-state index in [1.165, 1.54) is 105 Å². The van der Waals surface area contributed by atoms with Gasteiger partial charge in [0.2, 0.25) is 0 Å². The molecule has 0 saturated carbocycles. The van der Waals surface area contributed by atoms with Gasteiger partial charge in [-0.15, -0.1) is 0 Å². The van der Waals surface area contributed by atoms with Crippen molar-refractivity contribution < 1.29 is 0 Å². The summed E-state index contributed by atoms with van der Waals surface area (Å²) < 4.78 is 4.95. The van der Waals surface area contributed by atoms with Gasteiger partial charge >= 0.3 is 0 Å². The first-order valence-electron chi connectivity index (χ1n) is 21.7. The van der Waals surface area contributed by atoms with Gasteiger partial charge in [-0.25, -0.2) is 0 Å². The Kier molecular flexibility index (Phi) is 8.67. The lowest BCUT2D eigenvalue weighted by Gasteiger charge is -2.24. The van der Waals surface area contributed by atoms with Crippen LogP contribution in [0.3, 0.4) is 0 Å². The van der Waals surface area contributed by atoms with Gasteiger partial charge in [-0.2, -0.15) is 0 Å². The molecule has 0 amide bonds. The second-order valence-corrected chi connectivity index (χ2v) is 16.3. The summed E-state index contributed by atoms with van der Waals surface area (Å²) in [5, 5.41) is 5.02. The molecule has 0 saturated heterocycles. The van der Waals surface area contributed by atoms with Crippen molar-refractivity contribution in [3.8, 4) is 61.3 Å². The van der Waals surface area contributed by atoms with E-state index in [2.05, 4.69) is 240 Å². The zero-order chi connectivity index (χ0) is 41.0. The predicted octanol–water partition coefficient (Wildman–Crippen LogP) is 16.4. The summed E-state index contributed by atoms with van der Waals surface area (Å²) in [4.78, 5) is 0. The Morgan fingerprint density at radius 1 is 0.323 bits per heavy atom. The fourth-order valence-corrected chi connectivity index (χ4v) is 10.1. The molecular formula is C60H42N2. The van der Waals surface area contributed by atoms with Gasteiger partial charge in [0.25, 0.3) is 0 Å². The van der Waals surface area contributed by atoms with E-state index in [0.29, 0.717) is 0 Å². The molecule has 2 aromatic heterocycles. The maximum atomic E-state index is 2.52. The lowest BCUT2D eigenvalue weighted by molar-refractivity contribution is 1.02. The number of para-hydroxylation sites is 2. The maximum Gasteiger partial charge on any atom is 0.0632 e. The molecular weight excluding hydrogens is 749 g/mol. The fraction of sp³-hybridized carbons (Fsp3) is 0.0333. The van der Waals surface area contributed by atoms with Gasteiger partial charge in [-0.1, -0.05) is 188 Å². The normalized spacial score (nSPS) is 12.7. The third kappa shape index (κ3) is 5.79. The molecule has 0 fully saturated rings. The van der Waals surface area contributed by atoms with E-state index in [1.54, 1.807) is 0 Å². The van der Waals surface area contributed by atoms with Gasteiger partial charge in [0, 0.05) is 49.6 Å². The third-order valence-electron chi connectivity index (χ3n) is 12.7. The van der Waals surface area contributed by atoms with Crippen LogP contribution in [-0.4, -0.2) is 9.13 Å². The summed E-state index contributed by atoms with van der Waals surface area (Å²) in [6.07, 6.45) is 9.09. The smallest absolute Gasteiger partial charge is 0.0632 e. The molecule has 0 atom stereocenters. The summed E-state index contributed by atoms with van der Waals surface area (Å²) >= 11 is 0. The van der Waals surface area contributed by atoms with E-state index in [4.69, 9.17) is 0 Å². The minimum absolute atomic E-state index is 1.07. The van der Waals surface area contributed by atoms with E-state index in [0.717, 1.165) is 18.5 Å². The van der Waals surface area contributed by atoms with Crippen molar-refractivity contribution in [3.63, 3.8) is 0 Å². The Bertz CT molecular complexity index is 3520. The van der Waals surface area contributed by atoms with E-state index < -0.39 is 0 Å². The zero-order valence-electron chi connectivity index (χ0n) is 34.2. The number of benzene rings is 9. The summed E-state index contributed by atoms with van der Waals surface area (Å²) in [7, 11) is 0. The van der Waals surface area contributed by atoms with E-state index in [-0.39, 0.29) is 0 Å². The Morgan fingerprint density at radius 3 is 1.40 bits per heavy atom. The average Bonchev–Trinajstić information content (AvgIpc) is 3.87. The Balaban J connectivity index is 1.15. The molecule has 1 aliphatic carbocycles. The SMILES string of the molecule is C1=CC(n2c3ccccc3c3cc(-c4ccc(-n5c6ccccc6c6c(-c7ccccc7)c(-c7ccccc7)c(-c7ccccc7)c(-c7ccccc7)c65)cc4)ccc32)=CCC1. The van der Waals surface area contributed by atoms with Gasteiger partial charge in [-0.3, -0.25) is 0 Å². The predicted molar refractivity (Wildman–Crippen MR) is 264 cm³/mol. The molecule has 0 radical (unpaired) electrons. The number of hydrogen-bond acceptors (Lipinski definition) is 0. The maximum absolute atomic E-state index is 2.52. The second-order valence-electron chi connectivity index (χ2n) is 16.3. The number of hydrogen-bond donors (Lipinski definition) is 0. The van der Waals surface area contributed by atoms with Gasteiger partial charge in [0.05, 0.1) is 22.1 Å². The van der Waals surface area contributed by atoms with Crippen molar-refractivity contribution in [3.05, 3.63) is 231 Å². The number of rotatable bonds is 7. The number of fused-ring (bicyclic) bond motifs is 6. The van der Waals surface area contributed by atoms with Crippen LogP contribution in [0.25, 0.3) is 111 Å². The van der Waals surface area contributed by atoms with E-state index in [1.807, 2.05) is 0 Å². The summed E-state index contributed by atoms with van der Waals surface area (Å²) in [5.74, 6) is 0. The average molecular weight is 791 g/mol. The van der Waals surface area contributed by atoms with Crippen LogP contribution in [0.15, 0.2) is 231 Å². The largest absolute Gasteiger partial charge is 0.310 e. The van der Waals surface area contributed by atoms with Crippen molar-refractivity contribution in [1.82, 2.24) is 9.13 Å². The summed E-state index contributed by atoms with van der Waals surface area (Å²) in [6, 6.07) is 78.0. The van der Waals surface area contributed by atoms with Crippen molar-refractivity contribution in [2.75, 3.05) is 0 Å². The minimum Gasteiger partial charge on any atom is -0.310 e. The highest BCUT2D eigenvalue weighted by atomic mass is 15.0. The van der Waals surface area contributed by atoms with Crippen molar-refractivity contribution >= 4 is 49.3 Å². The molecule has 11 aromatic rings. The highest BCUT2D eigenvalue weighted by Gasteiger charge is 2.29. The van der Waals surface area contributed by atoms with E-state index >= 15 is 0 Å². The molecule has 2 heterocycles. The Hall–Kier alpha value is -7.94. The second kappa shape index (κ2) is 15.0. The van der Waals surface area contributed by atoms with Crippen LogP contribution < -0.4 is 0 Å². The molecule has 0 spiro atoms. The quantitative estimate of drug-likeness (QED) is 0.152. The van der Waals surface area contributed by atoms with Crippen molar-refractivity contribution in [2.24, 2.45) is 0 Å². The molecule has 0 unspecified atom stereocenters. The first-order chi connectivity index (χ1) is 30.8. The highest BCUT2D eigenvalue weighted by molar-refractivity contribution is 6.26. The van der Waals surface area contributed by atoms with Gasteiger partial charge in [-0.05, 0) is 94.3 Å². The fourth-order valence-electron chi connectivity index (χ4n) is 10.1. The number of allylic oxidation sites excluding steroid dienone is 4. The molecule has 0 N–H and O–H groups in total. The van der Waals surface area contributed by atoms with Gasteiger partial charge in [0.1, 0.15) is 0 Å². The first-order valence-corrected chi connectivity index (χ1v) is 21.7. The van der Waals surface area contributed by atoms with Crippen LogP contribution in [0, 0.1) is 0 Å². The van der Waals surface area contributed by atoms with Gasteiger partial charge in [0.15, 0.2) is 0 Å². The molecule has 0 bridgehead atoms. The minimum atomic E-state index is 1.07. The van der Waals surface area contributed by atoms with Crippen LogP contribution in [0.4, 0.5) is 0 Å². The van der Waals surface area contributed by atoms with Crippen LogP contribution in [0.2, 0.25) is 0 Å². The Labute approximate surface area is 361 Å². The van der Waals surface area contributed by atoms with Crippen LogP contribution in [-0.2, 0) is 0 Å². The molecule has 1 aliphatic rings. The molecule has 292 valence electrons. The number of aromatic nitrogens is 2. The van der Waals surface area contributed by atoms with Gasteiger partial charge < -0.3 is 9.13 Å². The highest BCUT2D eigenvalue weighted by Crippen LogP contribution is 2.54. The summed E-state index contributed by atoms with van der Waals surface area (Å²) in [5.41, 5.74) is 19.3. The topological polar surface area (TPSA) is 9.86 Å². The van der Waals surface area contributed by atoms with Crippen molar-refractivity contribution in [1.29, 1.82) is 0 Å². The van der Waals surface area contributed by atoms with Crippen molar-refractivity contribution in [2.45, 2.75) is 12.8 Å². The number of nitrogens with zero attached hydrogens (tertiary/aromatic N) is 2. The molecule has 12 rings (SSSR count). The standard InChI is InChI=1S/C60H42N2/c1-6-20-42(21-7-1)55-56(43-22-8-2-9-23-43)58(45-26-12-4-13-27-45)60-59(57(55)44-24-10-3-11-25-44)50-31-17-19-33-53(50)62(60)48-37-34-41(35-38-48)46-36-39-54-51(40-46)49-30-16-18-32-52(49)61(54)47-28-14-5-15-29-47/h1-4,6-14,16-40H,5,15H2. The first kappa shape index (κ1) is 36.0. The molecule has 0 aliphatic heterocycles. The van der Waals surface area contributed by atoms with E-state index in [9.17, 15) is 0 Å². The summed E-state index contributed by atoms with van der Waals surface area (Å²) in [6.45, 7) is 0. The Morgan fingerprint density at radius 2 is 0.806 bits per heavy atom. The van der Waals surface area contributed by atoms with Crippen LogP contribution in [0.5, 0.6) is 0 Å². The lowest BCUT2D eigenvalue weighted by atomic mass is 9.80. The molecule has 62 heavy (non-hydrogen) atoms. The third-order valence-corrected chi connectivity index (χ3v) is 12.7. The molecule has 9 aromatic carbocycles. The molecule has 2 nitrogen and oxygen atoms in total. The monoisotopic (exact) mass is 790 g/mol. The lowest BCUT2D eigenvalue weighted by Crippen LogP contribution is -2.00. The zero-order valence-corrected chi connectivity index (χ0v) is 34.2. The van der Waals surface area contributed by atoms with Crippen LogP contribution >= 0.6 is 0 Å². The molecule has 2 heteroatoms.